The van der Waals surface area contributed by atoms with Gasteiger partial charge in [0.2, 0.25) is 0 Å². The Labute approximate surface area is 121 Å². The topological polar surface area (TPSA) is 3.24 Å². The lowest BCUT2D eigenvalue weighted by molar-refractivity contribution is 0.354. The smallest absolute Gasteiger partial charge is 0.160 e. The standard InChI is InChI=1S/C17H25F2N/c1-13(2)11-20(12-14-6-4-3-5-7-14)15-8-9-16(18)17(19)10-15/h8-10,13-14H,3-7,11-12H2,1-2H3. The van der Waals surface area contributed by atoms with Gasteiger partial charge in [-0.2, -0.15) is 0 Å². The molecule has 0 heterocycles. The minimum Gasteiger partial charge on any atom is -0.371 e. The number of halogens is 2. The number of nitrogens with zero attached hydrogens (tertiary/aromatic N) is 1. The van der Waals surface area contributed by atoms with Crippen LogP contribution in [0, 0.1) is 23.5 Å². The Bertz CT molecular complexity index is 425. The first-order valence-electron chi connectivity index (χ1n) is 7.76. The summed E-state index contributed by atoms with van der Waals surface area (Å²) in [7, 11) is 0. The highest BCUT2D eigenvalue weighted by Gasteiger charge is 2.19. The lowest BCUT2D eigenvalue weighted by atomic mass is 9.88. The molecule has 0 radical (unpaired) electrons. The van der Waals surface area contributed by atoms with Crippen molar-refractivity contribution in [2.75, 3.05) is 18.0 Å². The molecule has 1 nitrogen and oxygen atoms in total. The molecule has 1 aromatic rings. The van der Waals surface area contributed by atoms with Crippen LogP contribution >= 0.6 is 0 Å². The monoisotopic (exact) mass is 281 g/mol. The van der Waals surface area contributed by atoms with E-state index in [2.05, 4.69) is 18.7 Å². The summed E-state index contributed by atoms with van der Waals surface area (Å²) in [5, 5.41) is 0. The van der Waals surface area contributed by atoms with Crippen molar-refractivity contribution in [1.82, 2.24) is 0 Å². The molecule has 112 valence electrons. The summed E-state index contributed by atoms with van der Waals surface area (Å²) >= 11 is 0. The van der Waals surface area contributed by atoms with E-state index < -0.39 is 11.6 Å². The molecule has 0 spiro atoms. The fraction of sp³-hybridized carbons (Fsp3) is 0.647. The number of hydrogen-bond acceptors (Lipinski definition) is 1. The van der Waals surface area contributed by atoms with Gasteiger partial charge in [-0.1, -0.05) is 33.1 Å². The highest BCUT2D eigenvalue weighted by atomic mass is 19.2. The third-order valence-corrected chi connectivity index (χ3v) is 4.06. The molecule has 1 aliphatic rings. The van der Waals surface area contributed by atoms with Crippen molar-refractivity contribution in [3.63, 3.8) is 0 Å². The van der Waals surface area contributed by atoms with Crippen molar-refractivity contribution in [3.05, 3.63) is 29.8 Å². The van der Waals surface area contributed by atoms with Gasteiger partial charge in [-0.25, -0.2) is 8.78 Å². The van der Waals surface area contributed by atoms with E-state index in [0.29, 0.717) is 11.8 Å². The van der Waals surface area contributed by atoms with Crippen molar-refractivity contribution in [3.8, 4) is 0 Å². The predicted octanol–water partition coefficient (Wildman–Crippen LogP) is 5.01. The Hall–Kier alpha value is -1.12. The van der Waals surface area contributed by atoms with Crippen LogP contribution in [0.5, 0.6) is 0 Å². The molecule has 0 aliphatic heterocycles. The maximum Gasteiger partial charge on any atom is 0.160 e. The van der Waals surface area contributed by atoms with Crippen LogP contribution in [-0.4, -0.2) is 13.1 Å². The van der Waals surface area contributed by atoms with Crippen LogP contribution in [0.3, 0.4) is 0 Å². The number of rotatable bonds is 5. The van der Waals surface area contributed by atoms with Gasteiger partial charge in [0.05, 0.1) is 0 Å². The zero-order valence-corrected chi connectivity index (χ0v) is 12.5. The first kappa shape index (κ1) is 15.3. The molecule has 1 saturated carbocycles. The predicted molar refractivity (Wildman–Crippen MR) is 80.0 cm³/mol. The van der Waals surface area contributed by atoms with Gasteiger partial charge in [0, 0.05) is 24.8 Å². The number of hydrogen-bond donors (Lipinski definition) is 0. The van der Waals surface area contributed by atoms with Crippen LogP contribution in [0.4, 0.5) is 14.5 Å². The van der Waals surface area contributed by atoms with Crippen molar-refractivity contribution in [1.29, 1.82) is 0 Å². The summed E-state index contributed by atoms with van der Waals surface area (Å²) in [6, 6.07) is 4.27. The van der Waals surface area contributed by atoms with Gasteiger partial charge >= 0.3 is 0 Å². The maximum absolute atomic E-state index is 13.5. The molecule has 20 heavy (non-hydrogen) atoms. The van der Waals surface area contributed by atoms with E-state index >= 15 is 0 Å². The first-order valence-corrected chi connectivity index (χ1v) is 7.76. The molecule has 0 aromatic heterocycles. The molecule has 0 bridgehead atoms. The van der Waals surface area contributed by atoms with E-state index in [4.69, 9.17) is 0 Å². The first-order chi connectivity index (χ1) is 9.56. The van der Waals surface area contributed by atoms with E-state index in [0.717, 1.165) is 18.8 Å². The molecule has 1 fully saturated rings. The Balaban J connectivity index is 2.10. The average molecular weight is 281 g/mol. The maximum atomic E-state index is 13.5. The van der Waals surface area contributed by atoms with Gasteiger partial charge in [-0.05, 0) is 36.8 Å². The van der Waals surface area contributed by atoms with Crippen molar-refractivity contribution in [2.24, 2.45) is 11.8 Å². The average Bonchev–Trinajstić information content (AvgIpc) is 2.42. The largest absolute Gasteiger partial charge is 0.371 e. The molecular formula is C17H25F2N. The third-order valence-electron chi connectivity index (χ3n) is 4.06. The Kier molecular flexibility index (Phi) is 5.38. The van der Waals surface area contributed by atoms with Crippen LogP contribution in [0.25, 0.3) is 0 Å². The molecule has 0 unspecified atom stereocenters. The van der Waals surface area contributed by atoms with Crippen LogP contribution in [-0.2, 0) is 0 Å². The quantitative estimate of drug-likeness (QED) is 0.733. The molecular weight excluding hydrogens is 256 g/mol. The van der Waals surface area contributed by atoms with Crippen molar-refractivity contribution in [2.45, 2.75) is 46.0 Å². The number of benzene rings is 1. The summed E-state index contributed by atoms with van der Waals surface area (Å²) in [5.74, 6) is -0.321. The van der Waals surface area contributed by atoms with E-state index in [1.54, 1.807) is 6.07 Å². The lowest BCUT2D eigenvalue weighted by Crippen LogP contribution is -2.33. The minimum atomic E-state index is -0.768. The summed E-state index contributed by atoms with van der Waals surface area (Å²) in [5.41, 5.74) is 0.808. The van der Waals surface area contributed by atoms with Crippen molar-refractivity contribution >= 4 is 5.69 Å². The molecule has 2 rings (SSSR count). The van der Waals surface area contributed by atoms with Crippen LogP contribution in [0.2, 0.25) is 0 Å². The molecule has 0 atom stereocenters. The third kappa shape index (κ3) is 4.19. The molecule has 1 aliphatic carbocycles. The second kappa shape index (κ2) is 7.05. The van der Waals surface area contributed by atoms with E-state index in [1.165, 1.54) is 44.2 Å². The highest BCUT2D eigenvalue weighted by Crippen LogP contribution is 2.27. The van der Waals surface area contributed by atoms with E-state index in [1.807, 2.05) is 0 Å². The van der Waals surface area contributed by atoms with Gasteiger partial charge in [-0.15, -0.1) is 0 Å². The van der Waals surface area contributed by atoms with Crippen LogP contribution < -0.4 is 4.90 Å². The zero-order chi connectivity index (χ0) is 14.5. The second-order valence-corrected chi connectivity index (χ2v) is 6.40. The molecule has 0 amide bonds. The van der Waals surface area contributed by atoms with Crippen LogP contribution in [0.15, 0.2) is 18.2 Å². The van der Waals surface area contributed by atoms with Gasteiger partial charge in [0.1, 0.15) is 0 Å². The fourth-order valence-electron chi connectivity index (χ4n) is 3.09. The second-order valence-electron chi connectivity index (χ2n) is 6.40. The summed E-state index contributed by atoms with van der Waals surface area (Å²) in [6.07, 6.45) is 6.47. The highest BCUT2D eigenvalue weighted by molar-refractivity contribution is 5.46. The van der Waals surface area contributed by atoms with Gasteiger partial charge in [0.15, 0.2) is 11.6 Å². The van der Waals surface area contributed by atoms with E-state index in [-0.39, 0.29) is 0 Å². The van der Waals surface area contributed by atoms with Crippen molar-refractivity contribution < 1.29 is 8.78 Å². The fourth-order valence-corrected chi connectivity index (χ4v) is 3.09. The van der Waals surface area contributed by atoms with Crippen LogP contribution in [0.1, 0.15) is 46.0 Å². The molecule has 3 heteroatoms. The minimum absolute atomic E-state index is 0.506. The molecule has 1 aromatic carbocycles. The summed E-state index contributed by atoms with van der Waals surface area (Å²) < 4.78 is 26.5. The molecule has 0 N–H and O–H groups in total. The van der Waals surface area contributed by atoms with Gasteiger partial charge < -0.3 is 4.90 Å². The lowest BCUT2D eigenvalue weighted by Gasteiger charge is -2.32. The Morgan fingerprint density at radius 3 is 2.40 bits per heavy atom. The zero-order valence-electron chi connectivity index (χ0n) is 12.5. The SMILES string of the molecule is CC(C)CN(CC1CCCCC1)c1ccc(F)c(F)c1. The summed E-state index contributed by atoms with van der Waals surface area (Å²) in [6.45, 7) is 6.17. The molecule has 0 saturated heterocycles. The Morgan fingerprint density at radius 1 is 1.10 bits per heavy atom. The summed E-state index contributed by atoms with van der Waals surface area (Å²) in [4.78, 5) is 2.23. The van der Waals surface area contributed by atoms with Gasteiger partial charge in [-0.3, -0.25) is 0 Å². The normalized spacial score (nSPS) is 16.6. The number of anilines is 1. The van der Waals surface area contributed by atoms with E-state index in [9.17, 15) is 8.78 Å². The Morgan fingerprint density at radius 2 is 1.80 bits per heavy atom. The van der Waals surface area contributed by atoms with Gasteiger partial charge in [0.25, 0.3) is 0 Å².